The molecule has 12 rings (SSSR count). The number of hydrogen-bond acceptors (Lipinski definition) is 3. The Morgan fingerprint density at radius 2 is 1.16 bits per heavy atom. The number of nitrogens with zero attached hydrogens (tertiary/aromatic N) is 2. The molecule has 0 saturated heterocycles. The van der Waals surface area contributed by atoms with Crippen LogP contribution in [0.15, 0.2) is 152 Å². The first-order valence-corrected chi connectivity index (χ1v) is 25.2. The van der Waals surface area contributed by atoms with E-state index in [-0.39, 0.29) is 23.0 Å². The second-order valence-electron chi connectivity index (χ2n) is 22.1. The van der Waals surface area contributed by atoms with Crippen molar-refractivity contribution in [3.8, 4) is 22.3 Å². The maximum atomic E-state index is 2.69. The Morgan fingerprint density at radius 1 is 0.507 bits per heavy atom. The van der Waals surface area contributed by atoms with E-state index in [0.717, 1.165) is 12.8 Å². The van der Waals surface area contributed by atoms with Gasteiger partial charge in [-0.15, -0.1) is 11.3 Å². The second-order valence-corrected chi connectivity index (χ2v) is 23.2. The molecule has 4 heteroatoms. The van der Waals surface area contributed by atoms with Crippen molar-refractivity contribution in [3.63, 3.8) is 0 Å². The highest BCUT2D eigenvalue weighted by molar-refractivity contribution is 7.26. The summed E-state index contributed by atoms with van der Waals surface area (Å²) in [6.07, 6.45) is 2.33. The smallest absolute Gasteiger partial charge is 0.252 e. The van der Waals surface area contributed by atoms with E-state index in [0.29, 0.717) is 0 Å². The molecule has 3 aliphatic rings. The molecule has 0 amide bonds. The zero-order valence-electron chi connectivity index (χ0n) is 40.7. The van der Waals surface area contributed by atoms with Crippen LogP contribution in [0.1, 0.15) is 94.7 Å². The Hall–Kier alpha value is -6.36. The number of aryl methyl sites for hydroxylation is 3. The van der Waals surface area contributed by atoms with Crippen molar-refractivity contribution in [1.29, 1.82) is 0 Å². The van der Waals surface area contributed by atoms with E-state index >= 15 is 0 Å². The van der Waals surface area contributed by atoms with E-state index in [1.165, 1.54) is 126 Å². The number of rotatable bonds is 4. The summed E-state index contributed by atoms with van der Waals surface area (Å²) >= 11 is 1.95. The molecule has 0 bridgehead atoms. The Kier molecular flexibility index (Phi) is 9.30. The molecular formula is C63H59BN2S. The van der Waals surface area contributed by atoms with Gasteiger partial charge < -0.3 is 9.80 Å². The van der Waals surface area contributed by atoms with Gasteiger partial charge in [0.1, 0.15) is 0 Å². The van der Waals surface area contributed by atoms with Gasteiger partial charge in [-0.05, 0) is 153 Å². The molecule has 1 aromatic heterocycles. The lowest BCUT2D eigenvalue weighted by atomic mass is 9.33. The van der Waals surface area contributed by atoms with E-state index in [1.807, 2.05) is 11.3 Å². The summed E-state index contributed by atoms with van der Waals surface area (Å²) in [4.78, 5) is 5.37. The maximum absolute atomic E-state index is 2.69. The van der Waals surface area contributed by atoms with Gasteiger partial charge in [-0.1, -0.05) is 164 Å². The number of thiophene rings is 1. The summed E-state index contributed by atoms with van der Waals surface area (Å²) in [6, 6.07) is 58.6. The van der Waals surface area contributed by atoms with E-state index in [9.17, 15) is 0 Å². The second kappa shape index (κ2) is 14.8. The number of fused-ring (bicyclic) bond motifs is 9. The fourth-order valence-corrected chi connectivity index (χ4v) is 13.4. The third-order valence-corrected chi connectivity index (χ3v) is 17.0. The summed E-state index contributed by atoms with van der Waals surface area (Å²) < 4.78 is 2.66. The predicted octanol–water partition coefficient (Wildman–Crippen LogP) is 16.0. The molecule has 0 spiro atoms. The molecule has 0 saturated carbocycles. The lowest BCUT2D eigenvalue weighted by Crippen LogP contribution is -2.62. The first-order chi connectivity index (χ1) is 32.1. The predicted molar refractivity (Wildman–Crippen MR) is 292 cm³/mol. The van der Waals surface area contributed by atoms with Crippen molar-refractivity contribution in [2.45, 2.75) is 98.3 Å². The molecule has 9 aromatic rings. The quantitative estimate of drug-likeness (QED) is 0.163. The summed E-state index contributed by atoms with van der Waals surface area (Å²) in [5, 5.41) is 2.64. The molecule has 0 N–H and O–H groups in total. The van der Waals surface area contributed by atoms with Crippen molar-refractivity contribution in [2.75, 3.05) is 9.80 Å². The molecule has 2 nitrogen and oxygen atoms in total. The fraction of sp³-hybridized carbons (Fsp3) is 0.238. The molecule has 0 atom stereocenters. The fourth-order valence-electron chi connectivity index (χ4n) is 12.1. The van der Waals surface area contributed by atoms with Crippen LogP contribution in [-0.2, 0) is 16.2 Å². The Labute approximate surface area is 402 Å². The Balaban J connectivity index is 1.28. The molecule has 2 aliphatic heterocycles. The third-order valence-electron chi connectivity index (χ3n) is 15.8. The van der Waals surface area contributed by atoms with Gasteiger partial charge in [0.25, 0.3) is 6.71 Å². The summed E-state index contributed by atoms with van der Waals surface area (Å²) in [5.41, 5.74) is 25.0. The molecule has 67 heavy (non-hydrogen) atoms. The topological polar surface area (TPSA) is 6.48 Å². The average molecular weight is 887 g/mol. The molecule has 8 aromatic carbocycles. The minimum Gasteiger partial charge on any atom is -0.311 e. The van der Waals surface area contributed by atoms with Crippen molar-refractivity contribution in [2.24, 2.45) is 0 Å². The van der Waals surface area contributed by atoms with Crippen molar-refractivity contribution in [3.05, 3.63) is 185 Å². The lowest BCUT2D eigenvalue weighted by molar-refractivity contribution is 0.332. The summed E-state index contributed by atoms with van der Waals surface area (Å²) in [5.74, 6) is 0. The van der Waals surface area contributed by atoms with Crippen LogP contribution in [0.4, 0.5) is 34.1 Å². The van der Waals surface area contributed by atoms with Gasteiger partial charge in [0.2, 0.25) is 0 Å². The first-order valence-electron chi connectivity index (χ1n) is 24.3. The zero-order valence-corrected chi connectivity index (χ0v) is 41.5. The van der Waals surface area contributed by atoms with Crippen LogP contribution in [-0.4, -0.2) is 6.71 Å². The van der Waals surface area contributed by atoms with E-state index in [4.69, 9.17) is 0 Å². The average Bonchev–Trinajstić information content (AvgIpc) is 3.69. The van der Waals surface area contributed by atoms with Crippen LogP contribution >= 0.6 is 11.3 Å². The molecule has 0 unspecified atom stereocenters. The van der Waals surface area contributed by atoms with Gasteiger partial charge in [-0.2, -0.15) is 0 Å². The molecular weight excluding hydrogens is 828 g/mol. The van der Waals surface area contributed by atoms with Crippen LogP contribution in [0.2, 0.25) is 0 Å². The van der Waals surface area contributed by atoms with Crippen LogP contribution in [0, 0.1) is 20.8 Å². The van der Waals surface area contributed by atoms with Crippen molar-refractivity contribution < 1.29 is 0 Å². The minimum absolute atomic E-state index is 0.00619. The molecule has 0 fully saturated rings. The number of benzene rings is 8. The number of anilines is 6. The molecule has 330 valence electrons. The van der Waals surface area contributed by atoms with Crippen LogP contribution in [0.5, 0.6) is 0 Å². The number of para-hydroxylation sites is 1. The van der Waals surface area contributed by atoms with Crippen LogP contribution < -0.4 is 26.2 Å². The standard InChI is InChI=1S/C63H59BN2S/c1-38-19-18-20-39(2)57(38)42-34-54-58-55(35-42)66(52-25-16-14-23-44(52)41-21-12-11-13-22-41)59-49(29-28-46-45-24-15-17-26-56(45)67-60(46)59)64(58)50-36-47-48(63(9,10)32-31-62(47,7)8)37-53(50)65(54)51-30-27-43(33-40(51)3)61(4,5)6/h11-30,33-37H,31-32H2,1-10H3. The van der Waals surface area contributed by atoms with Crippen LogP contribution in [0.25, 0.3) is 42.4 Å². The Morgan fingerprint density at radius 3 is 1.88 bits per heavy atom. The maximum Gasteiger partial charge on any atom is 0.252 e. The van der Waals surface area contributed by atoms with E-state index in [2.05, 4.69) is 231 Å². The van der Waals surface area contributed by atoms with Gasteiger partial charge >= 0.3 is 0 Å². The van der Waals surface area contributed by atoms with Gasteiger partial charge in [0, 0.05) is 43.8 Å². The highest BCUT2D eigenvalue weighted by atomic mass is 32.1. The SMILES string of the molecule is Cc1cc(C(C)(C)C)ccc1N1c2cc3c(cc2B2c4ccc5c(sc6ccccc65)c4N(c4ccccc4-c4ccccc4)c4cc(-c5c(C)cccc5C)cc1c42)C(C)(C)CCC3(C)C. The van der Waals surface area contributed by atoms with Gasteiger partial charge in [0.05, 0.1) is 16.1 Å². The zero-order chi connectivity index (χ0) is 46.3. The normalized spacial score (nSPS) is 15.6. The molecule has 1 aliphatic carbocycles. The molecule has 0 radical (unpaired) electrons. The van der Waals surface area contributed by atoms with E-state index < -0.39 is 0 Å². The van der Waals surface area contributed by atoms with Gasteiger partial charge in [-0.25, -0.2) is 0 Å². The summed E-state index contributed by atoms with van der Waals surface area (Å²) in [7, 11) is 0. The van der Waals surface area contributed by atoms with Gasteiger partial charge in [0.15, 0.2) is 0 Å². The highest BCUT2D eigenvalue weighted by Gasteiger charge is 2.47. The highest BCUT2D eigenvalue weighted by Crippen LogP contribution is 2.54. The monoisotopic (exact) mass is 886 g/mol. The third kappa shape index (κ3) is 6.35. The van der Waals surface area contributed by atoms with Crippen molar-refractivity contribution in [1.82, 2.24) is 0 Å². The largest absolute Gasteiger partial charge is 0.311 e. The summed E-state index contributed by atoms with van der Waals surface area (Å²) in [6.45, 7) is 23.8. The van der Waals surface area contributed by atoms with Gasteiger partial charge in [-0.3, -0.25) is 0 Å². The van der Waals surface area contributed by atoms with Crippen molar-refractivity contribution >= 4 is 88.7 Å². The van der Waals surface area contributed by atoms with Crippen LogP contribution in [0.3, 0.4) is 0 Å². The number of hydrogen-bond donors (Lipinski definition) is 0. The minimum atomic E-state index is -0.00619. The lowest BCUT2D eigenvalue weighted by Gasteiger charge is -2.48. The van der Waals surface area contributed by atoms with E-state index in [1.54, 1.807) is 0 Å². The molecule has 3 heterocycles. The Bertz CT molecular complexity index is 3490. The first kappa shape index (κ1) is 42.0.